The smallest absolute Gasteiger partial charge is 0.253 e. The maximum absolute atomic E-state index is 12.3. The molecule has 0 spiro atoms. The number of carbonyl (C=O) groups is 1. The molecule has 0 saturated carbocycles. The normalized spacial score (nSPS) is 18.6. The number of aromatic amines is 1. The van der Waals surface area contributed by atoms with Gasteiger partial charge in [-0.15, -0.1) is 11.3 Å². The summed E-state index contributed by atoms with van der Waals surface area (Å²) >= 11 is 1.73. The van der Waals surface area contributed by atoms with Crippen molar-refractivity contribution in [2.75, 3.05) is 19.6 Å². The lowest BCUT2D eigenvalue weighted by atomic mass is 9.93. The van der Waals surface area contributed by atoms with Gasteiger partial charge in [0.1, 0.15) is 0 Å². The molecule has 112 valence electrons. The van der Waals surface area contributed by atoms with Gasteiger partial charge in [0, 0.05) is 35.8 Å². The fourth-order valence-electron chi connectivity index (χ4n) is 2.87. The van der Waals surface area contributed by atoms with Gasteiger partial charge in [-0.25, -0.2) is 0 Å². The van der Waals surface area contributed by atoms with Crippen molar-refractivity contribution in [1.29, 1.82) is 0 Å². The third kappa shape index (κ3) is 3.54. The minimum Gasteiger partial charge on any atom is -0.364 e. The van der Waals surface area contributed by atoms with Gasteiger partial charge in [-0.2, -0.15) is 0 Å². The standard InChI is InChI=1S/C16H21N3OS/c20-16(19-8-5-13-4-2-10-21-13)14-6-9-18-15(14)12-3-1-7-17-11-12/h2,4,6,9-10,12,17-18H,1,3,5,7-8,11H2,(H,19,20). The zero-order valence-corrected chi connectivity index (χ0v) is 12.8. The molecular formula is C16H21N3OS. The Bertz CT molecular complexity index is 570. The van der Waals surface area contributed by atoms with Crippen LogP contribution >= 0.6 is 11.3 Å². The largest absolute Gasteiger partial charge is 0.364 e. The van der Waals surface area contributed by atoms with Crippen LogP contribution in [0.4, 0.5) is 0 Å². The first-order chi connectivity index (χ1) is 10.3. The molecule has 0 aromatic carbocycles. The van der Waals surface area contributed by atoms with E-state index in [4.69, 9.17) is 0 Å². The van der Waals surface area contributed by atoms with Crippen LogP contribution in [0.5, 0.6) is 0 Å². The molecule has 1 fully saturated rings. The number of hydrogen-bond donors (Lipinski definition) is 3. The third-order valence-electron chi connectivity index (χ3n) is 3.97. The second-order valence-electron chi connectivity index (χ2n) is 5.43. The monoisotopic (exact) mass is 303 g/mol. The van der Waals surface area contributed by atoms with E-state index in [1.165, 1.54) is 11.3 Å². The summed E-state index contributed by atoms with van der Waals surface area (Å²) in [6.45, 7) is 2.72. The molecule has 1 atom stereocenters. The number of hydrogen-bond acceptors (Lipinski definition) is 3. The van der Waals surface area contributed by atoms with Gasteiger partial charge in [0.05, 0.1) is 5.56 Å². The molecule has 1 saturated heterocycles. The van der Waals surface area contributed by atoms with Gasteiger partial charge in [0.2, 0.25) is 0 Å². The van der Waals surface area contributed by atoms with Crippen LogP contribution in [-0.4, -0.2) is 30.5 Å². The van der Waals surface area contributed by atoms with Crippen LogP contribution in [0.15, 0.2) is 29.8 Å². The SMILES string of the molecule is O=C(NCCc1cccs1)c1cc[nH]c1C1CCCNC1. The van der Waals surface area contributed by atoms with Crippen LogP contribution in [-0.2, 0) is 6.42 Å². The van der Waals surface area contributed by atoms with Crippen molar-refractivity contribution >= 4 is 17.2 Å². The molecule has 21 heavy (non-hydrogen) atoms. The number of aromatic nitrogens is 1. The topological polar surface area (TPSA) is 56.9 Å². The van der Waals surface area contributed by atoms with Gasteiger partial charge in [-0.3, -0.25) is 4.79 Å². The van der Waals surface area contributed by atoms with Crippen molar-refractivity contribution in [3.05, 3.63) is 45.9 Å². The highest BCUT2D eigenvalue weighted by Gasteiger charge is 2.22. The summed E-state index contributed by atoms with van der Waals surface area (Å²) in [7, 11) is 0. The Hall–Kier alpha value is -1.59. The molecule has 2 aromatic rings. The lowest BCUT2D eigenvalue weighted by Crippen LogP contribution is -2.31. The van der Waals surface area contributed by atoms with Gasteiger partial charge >= 0.3 is 0 Å². The maximum Gasteiger partial charge on any atom is 0.253 e. The Morgan fingerprint density at radius 1 is 1.43 bits per heavy atom. The molecular weight excluding hydrogens is 282 g/mol. The Kier molecular flexibility index (Phi) is 4.72. The van der Waals surface area contributed by atoms with Crippen molar-refractivity contribution in [2.24, 2.45) is 0 Å². The summed E-state index contributed by atoms with van der Waals surface area (Å²) in [5.74, 6) is 0.458. The first-order valence-electron chi connectivity index (χ1n) is 7.53. The van der Waals surface area contributed by atoms with Crippen molar-refractivity contribution in [2.45, 2.75) is 25.2 Å². The highest BCUT2D eigenvalue weighted by molar-refractivity contribution is 7.09. The first-order valence-corrected chi connectivity index (χ1v) is 8.41. The fourth-order valence-corrected chi connectivity index (χ4v) is 3.57. The van der Waals surface area contributed by atoms with E-state index in [1.54, 1.807) is 11.3 Å². The zero-order chi connectivity index (χ0) is 14.5. The van der Waals surface area contributed by atoms with E-state index in [1.807, 2.05) is 18.3 Å². The van der Waals surface area contributed by atoms with E-state index < -0.39 is 0 Å². The van der Waals surface area contributed by atoms with E-state index in [0.717, 1.165) is 37.2 Å². The highest BCUT2D eigenvalue weighted by atomic mass is 32.1. The Morgan fingerprint density at radius 2 is 2.38 bits per heavy atom. The molecule has 3 heterocycles. The van der Waals surface area contributed by atoms with Crippen molar-refractivity contribution in [1.82, 2.24) is 15.6 Å². The minimum atomic E-state index is 0.0355. The van der Waals surface area contributed by atoms with Gasteiger partial charge < -0.3 is 15.6 Å². The molecule has 4 nitrogen and oxygen atoms in total. The quantitative estimate of drug-likeness (QED) is 0.795. The summed E-state index contributed by atoms with van der Waals surface area (Å²) < 4.78 is 0. The fraction of sp³-hybridized carbons (Fsp3) is 0.438. The average Bonchev–Trinajstić information content (AvgIpc) is 3.19. The molecule has 1 aliphatic heterocycles. The summed E-state index contributed by atoms with van der Waals surface area (Å²) in [6.07, 6.45) is 5.08. The van der Waals surface area contributed by atoms with Crippen molar-refractivity contribution in [3.63, 3.8) is 0 Å². The summed E-state index contributed by atoms with van der Waals surface area (Å²) in [5.41, 5.74) is 1.88. The Labute approximate surface area is 129 Å². The second kappa shape index (κ2) is 6.91. The zero-order valence-electron chi connectivity index (χ0n) is 12.0. The third-order valence-corrected chi connectivity index (χ3v) is 4.90. The predicted octanol–water partition coefficient (Wildman–Crippen LogP) is 2.52. The summed E-state index contributed by atoms with van der Waals surface area (Å²) in [6, 6.07) is 6.04. The molecule has 0 bridgehead atoms. The van der Waals surface area contributed by atoms with Gasteiger partial charge in [-0.05, 0) is 43.3 Å². The molecule has 1 aliphatic rings. The molecule has 3 rings (SSSR count). The maximum atomic E-state index is 12.3. The molecule has 1 amide bonds. The second-order valence-corrected chi connectivity index (χ2v) is 6.47. The van der Waals surface area contributed by atoms with E-state index in [-0.39, 0.29) is 5.91 Å². The highest BCUT2D eigenvalue weighted by Crippen LogP contribution is 2.25. The van der Waals surface area contributed by atoms with Gasteiger partial charge in [0.25, 0.3) is 5.91 Å². The number of H-pyrrole nitrogens is 1. The van der Waals surface area contributed by atoms with Crippen molar-refractivity contribution in [3.8, 4) is 0 Å². The van der Waals surface area contributed by atoms with Crippen LogP contribution < -0.4 is 10.6 Å². The lowest BCUT2D eigenvalue weighted by molar-refractivity contribution is 0.0952. The van der Waals surface area contributed by atoms with Gasteiger partial charge in [0.15, 0.2) is 0 Å². The van der Waals surface area contributed by atoms with Crippen LogP contribution in [0.3, 0.4) is 0 Å². The number of thiophene rings is 1. The van der Waals surface area contributed by atoms with E-state index in [0.29, 0.717) is 12.5 Å². The van der Waals surface area contributed by atoms with E-state index >= 15 is 0 Å². The Morgan fingerprint density at radius 3 is 3.14 bits per heavy atom. The van der Waals surface area contributed by atoms with Gasteiger partial charge in [-0.1, -0.05) is 6.07 Å². The number of rotatable bonds is 5. The van der Waals surface area contributed by atoms with Crippen LogP contribution in [0.25, 0.3) is 0 Å². The minimum absolute atomic E-state index is 0.0355. The predicted molar refractivity (Wildman–Crippen MR) is 86.0 cm³/mol. The molecule has 3 N–H and O–H groups in total. The lowest BCUT2D eigenvalue weighted by Gasteiger charge is -2.23. The first kappa shape index (κ1) is 14.4. The molecule has 0 radical (unpaired) electrons. The van der Waals surface area contributed by atoms with E-state index in [9.17, 15) is 4.79 Å². The molecule has 0 aliphatic carbocycles. The number of amides is 1. The molecule has 2 aromatic heterocycles. The number of carbonyl (C=O) groups excluding carboxylic acids is 1. The van der Waals surface area contributed by atoms with Crippen molar-refractivity contribution < 1.29 is 4.79 Å². The summed E-state index contributed by atoms with van der Waals surface area (Å²) in [4.78, 5) is 16.9. The Balaban J connectivity index is 1.58. The number of piperidine rings is 1. The van der Waals surface area contributed by atoms with Crippen LogP contribution in [0.1, 0.15) is 39.7 Å². The average molecular weight is 303 g/mol. The van der Waals surface area contributed by atoms with Crippen LogP contribution in [0.2, 0.25) is 0 Å². The summed E-state index contributed by atoms with van der Waals surface area (Å²) in [5, 5.41) is 8.50. The van der Waals surface area contributed by atoms with Crippen LogP contribution in [0, 0.1) is 0 Å². The number of nitrogens with one attached hydrogen (secondary N) is 3. The molecule has 5 heteroatoms. The van der Waals surface area contributed by atoms with E-state index in [2.05, 4.69) is 27.1 Å². The molecule has 1 unspecified atom stereocenters.